The molecule has 0 fully saturated rings. The molecular formula is C13H16ClNO. The lowest BCUT2D eigenvalue weighted by atomic mass is 10.1. The highest BCUT2D eigenvalue weighted by Gasteiger charge is 2.13. The molecule has 2 aromatic rings. The second-order valence-corrected chi connectivity index (χ2v) is 4.61. The summed E-state index contributed by atoms with van der Waals surface area (Å²) in [7, 11) is 0. The van der Waals surface area contributed by atoms with Crippen molar-refractivity contribution in [2.45, 2.75) is 32.7 Å². The first kappa shape index (κ1) is 11.5. The molecular weight excluding hydrogens is 222 g/mol. The summed E-state index contributed by atoms with van der Waals surface area (Å²) in [4.78, 5) is 0. The van der Waals surface area contributed by atoms with Crippen LogP contribution in [0.4, 0.5) is 0 Å². The lowest BCUT2D eigenvalue weighted by Gasteiger charge is -2.04. The molecule has 3 heteroatoms. The number of fused-ring (bicyclic) bond motifs is 1. The van der Waals surface area contributed by atoms with Crippen LogP contribution in [0.3, 0.4) is 0 Å². The molecule has 0 aliphatic carbocycles. The van der Waals surface area contributed by atoms with E-state index in [4.69, 9.17) is 21.8 Å². The van der Waals surface area contributed by atoms with Crippen LogP contribution < -0.4 is 5.73 Å². The lowest BCUT2D eigenvalue weighted by molar-refractivity contribution is 0.475. The first-order valence-electron chi connectivity index (χ1n) is 5.57. The molecule has 86 valence electrons. The number of halogens is 1. The van der Waals surface area contributed by atoms with Gasteiger partial charge in [-0.3, -0.25) is 0 Å². The zero-order chi connectivity index (χ0) is 11.7. The number of nitrogens with two attached hydrogens (primary N) is 1. The molecule has 0 spiro atoms. The van der Waals surface area contributed by atoms with Gasteiger partial charge in [0.25, 0.3) is 0 Å². The maximum atomic E-state index is 6.16. The summed E-state index contributed by atoms with van der Waals surface area (Å²) < 4.78 is 5.73. The van der Waals surface area contributed by atoms with Gasteiger partial charge in [-0.2, -0.15) is 0 Å². The number of benzene rings is 1. The molecule has 0 amide bonds. The van der Waals surface area contributed by atoms with Crippen LogP contribution in [0.5, 0.6) is 0 Å². The van der Waals surface area contributed by atoms with Gasteiger partial charge in [0.15, 0.2) is 0 Å². The smallest absolute Gasteiger partial charge is 0.136 e. The molecule has 0 saturated heterocycles. The predicted molar refractivity (Wildman–Crippen MR) is 67.8 cm³/mol. The second kappa shape index (κ2) is 4.48. The van der Waals surface area contributed by atoms with Crippen LogP contribution in [0, 0.1) is 6.92 Å². The Morgan fingerprint density at radius 1 is 1.38 bits per heavy atom. The minimum absolute atomic E-state index is 0.0335. The van der Waals surface area contributed by atoms with Crippen molar-refractivity contribution in [3.8, 4) is 0 Å². The van der Waals surface area contributed by atoms with Crippen LogP contribution in [-0.2, 0) is 0 Å². The van der Waals surface area contributed by atoms with Crippen LogP contribution in [0.25, 0.3) is 11.0 Å². The summed E-state index contributed by atoms with van der Waals surface area (Å²) in [6.07, 6.45) is 1.97. The van der Waals surface area contributed by atoms with Crippen molar-refractivity contribution in [3.63, 3.8) is 0 Å². The van der Waals surface area contributed by atoms with Crippen LogP contribution >= 0.6 is 11.6 Å². The molecule has 1 aromatic carbocycles. The molecule has 0 aliphatic rings. The summed E-state index contributed by atoms with van der Waals surface area (Å²) in [5.41, 5.74) is 7.95. The first-order chi connectivity index (χ1) is 7.61. The van der Waals surface area contributed by atoms with Crippen molar-refractivity contribution in [2.24, 2.45) is 5.73 Å². The van der Waals surface area contributed by atoms with E-state index in [1.165, 1.54) is 0 Å². The fourth-order valence-corrected chi connectivity index (χ4v) is 2.20. The van der Waals surface area contributed by atoms with E-state index in [1.54, 1.807) is 0 Å². The number of aryl methyl sites for hydroxylation is 1. The van der Waals surface area contributed by atoms with Gasteiger partial charge in [0.2, 0.25) is 0 Å². The van der Waals surface area contributed by atoms with Gasteiger partial charge in [-0.1, -0.05) is 24.9 Å². The van der Waals surface area contributed by atoms with Crippen molar-refractivity contribution in [2.75, 3.05) is 0 Å². The molecule has 2 rings (SSSR count). The van der Waals surface area contributed by atoms with Crippen LogP contribution in [-0.4, -0.2) is 0 Å². The Morgan fingerprint density at radius 2 is 2.12 bits per heavy atom. The Labute approximate surface area is 100 Å². The lowest BCUT2D eigenvalue weighted by Crippen LogP contribution is -2.08. The average molecular weight is 238 g/mol. The summed E-state index contributed by atoms with van der Waals surface area (Å²) in [5.74, 6) is 0.823. The Kier molecular flexibility index (Phi) is 3.22. The molecule has 1 unspecified atom stereocenters. The van der Waals surface area contributed by atoms with Gasteiger partial charge in [0, 0.05) is 5.39 Å². The highest BCUT2D eigenvalue weighted by molar-refractivity contribution is 6.35. The van der Waals surface area contributed by atoms with Gasteiger partial charge < -0.3 is 10.2 Å². The molecule has 1 aromatic heterocycles. The van der Waals surface area contributed by atoms with E-state index < -0.39 is 0 Å². The third-order valence-corrected chi connectivity index (χ3v) is 3.03. The largest absolute Gasteiger partial charge is 0.459 e. The molecule has 16 heavy (non-hydrogen) atoms. The second-order valence-electron chi connectivity index (χ2n) is 4.20. The normalized spacial score (nSPS) is 13.2. The number of hydrogen-bond acceptors (Lipinski definition) is 2. The Balaban J connectivity index is 2.47. The van der Waals surface area contributed by atoms with Crippen molar-refractivity contribution >= 4 is 22.6 Å². The van der Waals surface area contributed by atoms with E-state index in [2.05, 4.69) is 6.92 Å². The zero-order valence-corrected chi connectivity index (χ0v) is 10.3. The van der Waals surface area contributed by atoms with Crippen LogP contribution in [0.2, 0.25) is 5.02 Å². The van der Waals surface area contributed by atoms with E-state index in [-0.39, 0.29) is 6.04 Å². The fraction of sp³-hybridized carbons (Fsp3) is 0.385. The van der Waals surface area contributed by atoms with Gasteiger partial charge >= 0.3 is 0 Å². The Morgan fingerprint density at radius 3 is 2.81 bits per heavy atom. The standard InChI is InChI=1S/C13H16ClNO/c1-3-4-11(15)13-7-9-10(14)5-8(2)6-12(9)16-13/h5-7,11H,3-4,15H2,1-2H3. The Hall–Kier alpha value is -0.990. The van der Waals surface area contributed by atoms with Crippen molar-refractivity contribution in [3.05, 3.63) is 34.5 Å². The first-order valence-corrected chi connectivity index (χ1v) is 5.94. The van der Waals surface area contributed by atoms with E-state index in [9.17, 15) is 0 Å². The third-order valence-electron chi connectivity index (χ3n) is 2.72. The number of furan rings is 1. The Bertz CT molecular complexity index is 504. The van der Waals surface area contributed by atoms with Crippen LogP contribution in [0.1, 0.15) is 37.1 Å². The van der Waals surface area contributed by atoms with Crippen LogP contribution in [0.15, 0.2) is 22.6 Å². The summed E-state index contributed by atoms with van der Waals surface area (Å²) >= 11 is 6.16. The minimum Gasteiger partial charge on any atom is -0.459 e. The summed E-state index contributed by atoms with van der Waals surface area (Å²) in [6, 6.07) is 5.85. The van der Waals surface area contributed by atoms with E-state index in [0.29, 0.717) is 0 Å². The highest BCUT2D eigenvalue weighted by atomic mass is 35.5. The SMILES string of the molecule is CCCC(N)c1cc2c(Cl)cc(C)cc2o1. The maximum Gasteiger partial charge on any atom is 0.136 e. The van der Waals surface area contributed by atoms with Crippen molar-refractivity contribution in [1.82, 2.24) is 0 Å². The number of rotatable bonds is 3. The molecule has 0 bridgehead atoms. The van der Waals surface area contributed by atoms with E-state index in [0.717, 1.165) is 40.2 Å². The van der Waals surface area contributed by atoms with E-state index in [1.807, 2.05) is 25.1 Å². The summed E-state index contributed by atoms with van der Waals surface area (Å²) in [5, 5.41) is 1.68. The molecule has 2 nitrogen and oxygen atoms in total. The van der Waals surface area contributed by atoms with Gasteiger partial charge in [-0.15, -0.1) is 0 Å². The van der Waals surface area contributed by atoms with E-state index >= 15 is 0 Å². The summed E-state index contributed by atoms with van der Waals surface area (Å²) in [6.45, 7) is 4.11. The monoisotopic (exact) mass is 237 g/mol. The molecule has 0 saturated carbocycles. The van der Waals surface area contributed by atoms with Gasteiger partial charge in [-0.25, -0.2) is 0 Å². The van der Waals surface area contributed by atoms with Gasteiger partial charge in [0.1, 0.15) is 11.3 Å². The maximum absolute atomic E-state index is 6.16. The fourth-order valence-electron chi connectivity index (χ4n) is 1.88. The molecule has 1 heterocycles. The van der Waals surface area contributed by atoms with Crippen molar-refractivity contribution in [1.29, 1.82) is 0 Å². The third kappa shape index (κ3) is 2.08. The molecule has 0 aliphatic heterocycles. The van der Waals surface area contributed by atoms with Crippen molar-refractivity contribution < 1.29 is 4.42 Å². The topological polar surface area (TPSA) is 39.2 Å². The minimum atomic E-state index is -0.0335. The molecule has 2 N–H and O–H groups in total. The quantitative estimate of drug-likeness (QED) is 0.869. The zero-order valence-electron chi connectivity index (χ0n) is 9.59. The average Bonchev–Trinajstić information content (AvgIpc) is 2.62. The van der Waals surface area contributed by atoms with Gasteiger partial charge in [-0.05, 0) is 37.1 Å². The highest BCUT2D eigenvalue weighted by Crippen LogP contribution is 2.31. The van der Waals surface area contributed by atoms with Gasteiger partial charge in [0.05, 0.1) is 11.1 Å². The molecule has 0 radical (unpaired) electrons. The predicted octanol–water partition coefficient (Wildman–Crippen LogP) is 4.19. The molecule has 1 atom stereocenters. The number of hydrogen-bond donors (Lipinski definition) is 1.